The number of aromatic nitrogens is 2. The molecule has 0 radical (unpaired) electrons. The van der Waals surface area contributed by atoms with Crippen molar-refractivity contribution in [2.45, 2.75) is 51.1 Å². The summed E-state index contributed by atoms with van der Waals surface area (Å²) in [5, 5.41) is 7.23. The summed E-state index contributed by atoms with van der Waals surface area (Å²) in [5.74, 6) is 0.0800. The third-order valence-electron chi connectivity index (χ3n) is 3.13. The first-order chi connectivity index (χ1) is 8.24. The molecule has 1 saturated carbocycles. The average molecular weight is 347 g/mol. The lowest BCUT2D eigenvalue weighted by atomic mass is 10.1. The van der Waals surface area contributed by atoms with Crippen LogP contribution in [0.15, 0.2) is 12.4 Å². The number of hydrogen-bond acceptors (Lipinski definition) is 2. The summed E-state index contributed by atoms with van der Waals surface area (Å²) in [6.45, 7) is 0.333. The number of nitrogens with one attached hydrogen (secondary N) is 1. The lowest BCUT2D eigenvalue weighted by Gasteiger charge is -2.16. The summed E-state index contributed by atoms with van der Waals surface area (Å²) in [6.07, 6.45) is 11.0. The molecular weight excluding hydrogens is 329 g/mol. The number of carbonyl (C=O) groups is 1. The smallest absolute Gasteiger partial charge is 0.241 e. The molecule has 1 aliphatic carbocycles. The van der Waals surface area contributed by atoms with Crippen molar-refractivity contribution < 1.29 is 4.79 Å². The van der Waals surface area contributed by atoms with Gasteiger partial charge in [-0.2, -0.15) is 5.10 Å². The van der Waals surface area contributed by atoms with E-state index in [0.29, 0.717) is 12.6 Å². The van der Waals surface area contributed by atoms with Crippen LogP contribution in [0.3, 0.4) is 0 Å². The number of hydrogen-bond donors (Lipinski definition) is 1. The maximum atomic E-state index is 11.8. The number of carbonyl (C=O) groups excluding carboxylic acids is 1. The Kier molecular flexibility index (Phi) is 4.82. The number of amides is 1. The Hall–Kier alpha value is -0.590. The second-order valence-electron chi connectivity index (χ2n) is 4.61. The van der Waals surface area contributed by atoms with Crippen LogP contribution in [0.25, 0.3) is 0 Å². The molecular formula is C12H18IN3O. The fraction of sp³-hybridized carbons (Fsp3) is 0.667. The van der Waals surface area contributed by atoms with E-state index in [1.54, 1.807) is 10.9 Å². The Labute approximate surface area is 115 Å². The largest absolute Gasteiger partial charge is 0.352 e. The van der Waals surface area contributed by atoms with Gasteiger partial charge in [0.2, 0.25) is 5.91 Å². The Morgan fingerprint density at radius 1 is 1.41 bits per heavy atom. The fourth-order valence-corrected chi connectivity index (χ4v) is 2.72. The Morgan fingerprint density at radius 3 is 2.71 bits per heavy atom. The molecule has 1 fully saturated rings. The molecule has 0 aromatic carbocycles. The van der Waals surface area contributed by atoms with Gasteiger partial charge in [-0.1, -0.05) is 25.7 Å². The Bertz CT molecular complexity index is 370. The fourth-order valence-electron chi connectivity index (χ4n) is 2.27. The van der Waals surface area contributed by atoms with E-state index in [1.807, 2.05) is 6.20 Å². The monoisotopic (exact) mass is 347 g/mol. The molecule has 1 amide bonds. The molecule has 4 nitrogen and oxygen atoms in total. The van der Waals surface area contributed by atoms with E-state index in [0.717, 1.165) is 16.4 Å². The molecule has 5 heteroatoms. The van der Waals surface area contributed by atoms with Crippen LogP contribution in [0.1, 0.15) is 38.5 Å². The molecule has 0 bridgehead atoms. The maximum Gasteiger partial charge on any atom is 0.241 e. The lowest BCUT2D eigenvalue weighted by molar-refractivity contribution is -0.122. The summed E-state index contributed by atoms with van der Waals surface area (Å²) < 4.78 is 2.75. The van der Waals surface area contributed by atoms with E-state index in [4.69, 9.17) is 0 Å². The molecule has 0 spiro atoms. The van der Waals surface area contributed by atoms with Gasteiger partial charge in [-0.05, 0) is 35.4 Å². The number of rotatable bonds is 3. The van der Waals surface area contributed by atoms with E-state index in [2.05, 4.69) is 33.0 Å². The minimum absolute atomic E-state index is 0.0800. The van der Waals surface area contributed by atoms with Gasteiger partial charge in [-0.15, -0.1) is 0 Å². The van der Waals surface area contributed by atoms with Gasteiger partial charge in [0, 0.05) is 12.2 Å². The zero-order chi connectivity index (χ0) is 12.1. The van der Waals surface area contributed by atoms with Crippen LogP contribution in [0.4, 0.5) is 0 Å². The maximum absolute atomic E-state index is 11.8. The van der Waals surface area contributed by atoms with Crippen molar-refractivity contribution >= 4 is 28.5 Å². The summed E-state index contributed by atoms with van der Waals surface area (Å²) in [7, 11) is 0. The molecule has 0 saturated heterocycles. The second kappa shape index (κ2) is 6.37. The summed E-state index contributed by atoms with van der Waals surface area (Å²) >= 11 is 2.19. The lowest BCUT2D eigenvalue weighted by Crippen LogP contribution is -2.36. The average Bonchev–Trinajstić information content (AvgIpc) is 2.53. The molecule has 1 aromatic rings. The van der Waals surface area contributed by atoms with E-state index >= 15 is 0 Å². The highest BCUT2D eigenvalue weighted by atomic mass is 127. The normalized spacial score (nSPS) is 17.7. The predicted octanol–water partition coefficient (Wildman–Crippen LogP) is 2.33. The third-order valence-corrected chi connectivity index (χ3v) is 3.68. The van der Waals surface area contributed by atoms with E-state index < -0.39 is 0 Å². The molecule has 1 heterocycles. The van der Waals surface area contributed by atoms with Crippen LogP contribution < -0.4 is 5.32 Å². The van der Waals surface area contributed by atoms with Crippen LogP contribution >= 0.6 is 22.6 Å². The van der Waals surface area contributed by atoms with Crippen molar-refractivity contribution in [3.05, 3.63) is 16.0 Å². The van der Waals surface area contributed by atoms with Crippen molar-refractivity contribution in [3.8, 4) is 0 Å². The van der Waals surface area contributed by atoms with Gasteiger partial charge in [-0.25, -0.2) is 0 Å². The first-order valence-electron chi connectivity index (χ1n) is 6.21. The molecule has 1 aliphatic rings. The predicted molar refractivity (Wildman–Crippen MR) is 74.6 cm³/mol. The van der Waals surface area contributed by atoms with Gasteiger partial charge < -0.3 is 5.32 Å². The number of nitrogens with zero attached hydrogens (tertiary/aromatic N) is 2. The van der Waals surface area contributed by atoms with Gasteiger partial charge in [0.15, 0.2) is 0 Å². The Morgan fingerprint density at radius 2 is 2.12 bits per heavy atom. The highest BCUT2D eigenvalue weighted by Gasteiger charge is 2.14. The van der Waals surface area contributed by atoms with Crippen LogP contribution in [-0.2, 0) is 11.3 Å². The molecule has 94 valence electrons. The van der Waals surface area contributed by atoms with Crippen LogP contribution in [0, 0.1) is 3.57 Å². The second-order valence-corrected chi connectivity index (χ2v) is 5.86. The third kappa shape index (κ3) is 4.29. The Balaban J connectivity index is 1.80. The van der Waals surface area contributed by atoms with E-state index in [1.165, 1.54) is 25.7 Å². The summed E-state index contributed by atoms with van der Waals surface area (Å²) in [4.78, 5) is 11.8. The van der Waals surface area contributed by atoms with E-state index in [9.17, 15) is 4.79 Å². The van der Waals surface area contributed by atoms with Crippen molar-refractivity contribution in [1.29, 1.82) is 0 Å². The van der Waals surface area contributed by atoms with Gasteiger partial charge in [0.1, 0.15) is 6.54 Å². The van der Waals surface area contributed by atoms with Crippen LogP contribution in [-0.4, -0.2) is 21.7 Å². The number of halogens is 1. The molecule has 2 rings (SSSR count). The minimum Gasteiger partial charge on any atom is -0.352 e. The zero-order valence-electron chi connectivity index (χ0n) is 9.86. The molecule has 1 N–H and O–H groups in total. The van der Waals surface area contributed by atoms with Gasteiger partial charge in [-0.3, -0.25) is 9.48 Å². The summed E-state index contributed by atoms with van der Waals surface area (Å²) in [5.41, 5.74) is 0. The standard InChI is InChI=1S/C12H18IN3O/c13-10-7-14-16(8-10)9-12(17)15-11-5-3-1-2-4-6-11/h7-8,11H,1-6,9H2,(H,15,17). The van der Waals surface area contributed by atoms with Gasteiger partial charge in [0.05, 0.1) is 9.77 Å². The minimum atomic E-state index is 0.0800. The molecule has 17 heavy (non-hydrogen) atoms. The first kappa shape index (κ1) is 12.9. The molecule has 0 aliphatic heterocycles. The SMILES string of the molecule is O=C(Cn1cc(I)cn1)NC1CCCCCC1. The quantitative estimate of drug-likeness (QED) is 0.674. The zero-order valence-corrected chi connectivity index (χ0v) is 12.0. The van der Waals surface area contributed by atoms with Gasteiger partial charge in [0.25, 0.3) is 0 Å². The molecule has 0 unspecified atom stereocenters. The van der Waals surface area contributed by atoms with Crippen molar-refractivity contribution in [2.24, 2.45) is 0 Å². The highest BCUT2D eigenvalue weighted by molar-refractivity contribution is 14.1. The van der Waals surface area contributed by atoms with Gasteiger partial charge >= 0.3 is 0 Å². The first-order valence-corrected chi connectivity index (χ1v) is 7.29. The van der Waals surface area contributed by atoms with Crippen LogP contribution in [0.5, 0.6) is 0 Å². The molecule has 1 aromatic heterocycles. The van der Waals surface area contributed by atoms with E-state index in [-0.39, 0.29) is 5.91 Å². The van der Waals surface area contributed by atoms with Crippen molar-refractivity contribution in [3.63, 3.8) is 0 Å². The van der Waals surface area contributed by atoms with Crippen molar-refractivity contribution in [2.75, 3.05) is 0 Å². The molecule has 0 atom stereocenters. The van der Waals surface area contributed by atoms with Crippen molar-refractivity contribution in [1.82, 2.24) is 15.1 Å². The topological polar surface area (TPSA) is 46.9 Å². The highest BCUT2D eigenvalue weighted by Crippen LogP contribution is 2.17. The summed E-state index contributed by atoms with van der Waals surface area (Å²) in [6, 6.07) is 0.375. The van der Waals surface area contributed by atoms with Crippen LogP contribution in [0.2, 0.25) is 0 Å².